The molecule has 19 heavy (non-hydrogen) atoms. The number of hydrogen-bond acceptors (Lipinski definition) is 2. The van der Waals surface area contributed by atoms with Crippen molar-refractivity contribution in [3.63, 3.8) is 0 Å². The number of nitrogens with zero attached hydrogens (tertiary/aromatic N) is 1. The fourth-order valence-electron chi connectivity index (χ4n) is 1.53. The van der Waals surface area contributed by atoms with Crippen molar-refractivity contribution in [3.8, 4) is 6.07 Å². The van der Waals surface area contributed by atoms with Crippen LogP contribution in [0.4, 0.5) is 16.2 Å². The predicted octanol–water partition coefficient (Wildman–Crippen LogP) is 3.86. The lowest BCUT2D eigenvalue weighted by atomic mass is 10.2. The molecule has 0 fully saturated rings. The summed E-state index contributed by atoms with van der Waals surface area (Å²) in [6, 6.07) is 15.2. The second-order valence-electron chi connectivity index (χ2n) is 3.72. The number of nitriles is 1. The van der Waals surface area contributed by atoms with Gasteiger partial charge in [0.15, 0.2) is 0 Å². The van der Waals surface area contributed by atoms with Gasteiger partial charge >= 0.3 is 6.03 Å². The Balaban J connectivity index is 2.11. The fourth-order valence-corrected chi connectivity index (χ4v) is 1.71. The minimum Gasteiger partial charge on any atom is -0.306 e. The topological polar surface area (TPSA) is 64.9 Å². The van der Waals surface area contributed by atoms with E-state index in [-0.39, 0.29) is 0 Å². The monoisotopic (exact) mass is 271 g/mol. The van der Waals surface area contributed by atoms with Crippen LogP contribution in [0.5, 0.6) is 0 Å². The van der Waals surface area contributed by atoms with Gasteiger partial charge in [0.25, 0.3) is 0 Å². The average Bonchev–Trinajstić information content (AvgIpc) is 2.42. The van der Waals surface area contributed by atoms with Crippen LogP contribution in [-0.4, -0.2) is 6.03 Å². The molecule has 0 aliphatic heterocycles. The smallest absolute Gasteiger partial charge is 0.306 e. The number of carbonyl (C=O) groups excluding carboxylic acids is 1. The van der Waals surface area contributed by atoms with Crippen LogP contribution in [0.15, 0.2) is 48.5 Å². The summed E-state index contributed by atoms with van der Waals surface area (Å²) < 4.78 is 0. The van der Waals surface area contributed by atoms with Gasteiger partial charge in [0, 0.05) is 0 Å². The molecule has 0 bridgehead atoms. The van der Waals surface area contributed by atoms with Crippen molar-refractivity contribution in [1.82, 2.24) is 0 Å². The molecular weight excluding hydrogens is 262 g/mol. The van der Waals surface area contributed by atoms with Crippen LogP contribution in [0, 0.1) is 11.3 Å². The molecule has 2 aromatic carbocycles. The summed E-state index contributed by atoms with van der Waals surface area (Å²) in [4.78, 5) is 11.8. The third-order valence-corrected chi connectivity index (χ3v) is 2.75. The maximum Gasteiger partial charge on any atom is 0.323 e. The first-order valence-corrected chi connectivity index (χ1v) is 5.90. The maximum absolute atomic E-state index is 11.8. The van der Waals surface area contributed by atoms with Crippen molar-refractivity contribution in [1.29, 1.82) is 5.26 Å². The highest BCUT2D eigenvalue weighted by molar-refractivity contribution is 6.33. The number of amides is 2. The fraction of sp³-hybridized carbons (Fsp3) is 0. The van der Waals surface area contributed by atoms with E-state index in [2.05, 4.69) is 10.6 Å². The van der Waals surface area contributed by atoms with E-state index in [1.165, 1.54) is 0 Å². The molecule has 4 nitrogen and oxygen atoms in total. The summed E-state index contributed by atoms with van der Waals surface area (Å²) >= 11 is 5.94. The normalized spacial score (nSPS) is 9.47. The van der Waals surface area contributed by atoms with E-state index in [0.717, 1.165) is 0 Å². The number of anilines is 2. The quantitative estimate of drug-likeness (QED) is 0.871. The van der Waals surface area contributed by atoms with Crippen LogP contribution >= 0.6 is 11.6 Å². The van der Waals surface area contributed by atoms with Gasteiger partial charge < -0.3 is 10.6 Å². The first-order valence-electron chi connectivity index (χ1n) is 5.52. The Labute approximate surface area is 115 Å². The summed E-state index contributed by atoms with van der Waals surface area (Å²) in [6.45, 7) is 0. The van der Waals surface area contributed by atoms with Crippen molar-refractivity contribution in [3.05, 3.63) is 59.1 Å². The van der Waals surface area contributed by atoms with Gasteiger partial charge in [-0.15, -0.1) is 0 Å². The van der Waals surface area contributed by atoms with Crippen LogP contribution in [-0.2, 0) is 0 Å². The SMILES string of the molecule is N#Cc1ccccc1NC(=O)Nc1ccccc1Cl. The Morgan fingerprint density at radius 3 is 2.26 bits per heavy atom. The number of urea groups is 1. The van der Waals surface area contributed by atoms with Crippen LogP contribution < -0.4 is 10.6 Å². The van der Waals surface area contributed by atoms with E-state index in [0.29, 0.717) is 22.0 Å². The Morgan fingerprint density at radius 1 is 1.00 bits per heavy atom. The number of benzene rings is 2. The molecule has 0 atom stereocenters. The molecular formula is C14H10ClN3O. The highest BCUT2D eigenvalue weighted by Crippen LogP contribution is 2.21. The van der Waals surface area contributed by atoms with Gasteiger partial charge in [-0.1, -0.05) is 35.9 Å². The second kappa shape index (κ2) is 5.89. The molecule has 0 saturated carbocycles. The van der Waals surface area contributed by atoms with Gasteiger partial charge in [-0.2, -0.15) is 5.26 Å². The van der Waals surface area contributed by atoms with E-state index >= 15 is 0 Å². The molecule has 0 unspecified atom stereocenters. The van der Waals surface area contributed by atoms with E-state index in [9.17, 15) is 4.79 Å². The highest BCUT2D eigenvalue weighted by atomic mass is 35.5. The molecule has 0 aliphatic rings. The lowest BCUT2D eigenvalue weighted by Crippen LogP contribution is -2.20. The zero-order valence-electron chi connectivity index (χ0n) is 9.85. The van der Waals surface area contributed by atoms with Crippen LogP contribution in [0.3, 0.4) is 0 Å². The summed E-state index contributed by atoms with van der Waals surface area (Å²) in [7, 11) is 0. The molecule has 0 spiro atoms. The van der Waals surface area contributed by atoms with Crippen molar-refractivity contribution in [2.24, 2.45) is 0 Å². The summed E-state index contributed by atoms with van der Waals surface area (Å²) in [5, 5.41) is 14.6. The minimum absolute atomic E-state index is 0.400. The molecule has 0 aromatic heterocycles. The van der Waals surface area contributed by atoms with Gasteiger partial charge in [-0.05, 0) is 24.3 Å². The van der Waals surface area contributed by atoms with E-state index in [1.807, 2.05) is 6.07 Å². The Kier molecular flexibility index (Phi) is 4.01. The summed E-state index contributed by atoms with van der Waals surface area (Å²) in [5.74, 6) is 0. The molecule has 2 amide bonds. The number of nitrogens with one attached hydrogen (secondary N) is 2. The molecule has 94 valence electrons. The Morgan fingerprint density at radius 2 is 1.58 bits per heavy atom. The summed E-state index contributed by atoms with van der Waals surface area (Å²) in [5.41, 5.74) is 1.36. The summed E-state index contributed by atoms with van der Waals surface area (Å²) in [6.07, 6.45) is 0. The van der Waals surface area contributed by atoms with Gasteiger partial charge in [-0.25, -0.2) is 4.79 Å². The third kappa shape index (κ3) is 3.24. The van der Waals surface area contributed by atoms with Crippen LogP contribution in [0.1, 0.15) is 5.56 Å². The minimum atomic E-state index is -0.448. The van der Waals surface area contributed by atoms with E-state index in [1.54, 1.807) is 48.5 Å². The molecule has 0 heterocycles. The molecule has 5 heteroatoms. The molecule has 2 N–H and O–H groups in total. The Bertz CT molecular complexity index is 649. The molecule has 0 saturated heterocycles. The zero-order valence-corrected chi connectivity index (χ0v) is 10.6. The van der Waals surface area contributed by atoms with Gasteiger partial charge in [0.1, 0.15) is 6.07 Å². The van der Waals surface area contributed by atoms with Gasteiger partial charge in [0.05, 0.1) is 22.0 Å². The Hall–Kier alpha value is -2.51. The maximum atomic E-state index is 11.8. The molecule has 0 aliphatic carbocycles. The first kappa shape index (κ1) is 12.9. The lowest BCUT2D eigenvalue weighted by Gasteiger charge is -2.09. The van der Waals surface area contributed by atoms with E-state index < -0.39 is 6.03 Å². The van der Waals surface area contributed by atoms with Gasteiger partial charge in [-0.3, -0.25) is 0 Å². The number of carbonyl (C=O) groups is 1. The van der Waals surface area contributed by atoms with Crippen molar-refractivity contribution in [2.45, 2.75) is 0 Å². The first-order chi connectivity index (χ1) is 9.20. The largest absolute Gasteiger partial charge is 0.323 e. The molecule has 0 radical (unpaired) electrons. The lowest BCUT2D eigenvalue weighted by molar-refractivity contribution is 0.262. The number of rotatable bonds is 2. The standard InChI is InChI=1S/C14H10ClN3O/c15-11-6-2-4-8-13(11)18-14(19)17-12-7-3-1-5-10(12)9-16/h1-8H,(H2,17,18,19). The number of para-hydroxylation sites is 2. The van der Waals surface area contributed by atoms with Crippen molar-refractivity contribution >= 4 is 29.0 Å². The number of halogens is 1. The average molecular weight is 272 g/mol. The molecule has 2 rings (SSSR count). The van der Waals surface area contributed by atoms with Gasteiger partial charge in [0.2, 0.25) is 0 Å². The van der Waals surface area contributed by atoms with Crippen molar-refractivity contribution in [2.75, 3.05) is 10.6 Å². The molecule has 2 aromatic rings. The van der Waals surface area contributed by atoms with Crippen LogP contribution in [0.2, 0.25) is 5.02 Å². The zero-order chi connectivity index (χ0) is 13.7. The second-order valence-corrected chi connectivity index (χ2v) is 4.12. The third-order valence-electron chi connectivity index (χ3n) is 2.42. The number of hydrogen-bond donors (Lipinski definition) is 2. The van der Waals surface area contributed by atoms with Crippen LogP contribution in [0.25, 0.3) is 0 Å². The predicted molar refractivity (Wildman–Crippen MR) is 75.3 cm³/mol. The van der Waals surface area contributed by atoms with Crippen molar-refractivity contribution < 1.29 is 4.79 Å². The highest BCUT2D eigenvalue weighted by Gasteiger charge is 2.07. The van der Waals surface area contributed by atoms with E-state index in [4.69, 9.17) is 16.9 Å².